The first-order chi connectivity index (χ1) is 18.1. The lowest BCUT2D eigenvalue weighted by atomic mass is 10.1. The third-order valence-corrected chi connectivity index (χ3v) is 6.39. The molecule has 0 bridgehead atoms. The molecule has 2 aliphatic rings. The average molecular weight is 520 g/mol. The Kier molecular flexibility index (Phi) is 13.3. The normalized spacial score (nSPS) is 13.2. The molecule has 0 fully saturated rings. The van der Waals surface area contributed by atoms with Gasteiger partial charge >= 0.3 is 0 Å². The summed E-state index contributed by atoms with van der Waals surface area (Å²) in [4.78, 5) is 34.2. The first-order valence-corrected chi connectivity index (χ1v) is 12.8. The summed E-state index contributed by atoms with van der Waals surface area (Å²) in [5.41, 5.74) is 8.99. The van der Waals surface area contributed by atoms with E-state index in [9.17, 15) is 14.4 Å². The molecule has 2 aliphatic carbocycles. The van der Waals surface area contributed by atoms with Gasteiger partial charge < -0.3 is 11.1 Å². The Hall–Kier alpha value is -3.85. The van der Waals surface area contributed by atoms with Crippen LogP contribution in [-0.2, 0) is 4.79 Å². The van der Waals surface area contributed by atoms with Crippen molar-refractivity contribution in [1.82, 2.24) is 10.8 Å². The quantitative estimate of drug-likeness (QED) is 0.253. The zero-order chi connectivity index (χ0) is 26.9. The highest BCUT2D eigenvalue weighted by atomic mass is 32.1. The van der Waals surface area contributed by atoms with Crippen LogP contribution in [0, 0.1) is 0 Å². The summed E-state index contributed by atoms with van der Waals surface area (Å²) in [6.07, 6.45) is 20.8. The first kappa shape index (κ1) is 29.4. The van der Waals surface area contributed by atoms with E-state index in [2.05, 4.69) is 29.3 Å². The van der Waals surface area contributed by atoms with Crippen molar-refractivity contribution in [3.63, 3.8) is 0 Å². The number of benzene rings is 1. The number of nitrogens with two attached hydrogens (primary N) is 1. The van der Waals surface area contributed by atoms with Gasteiger partial charge in [0.05, 0.1) is 4.88 Å². The number of allylic oxidation sites excluding steroid dienone is 8. The van der Waals surface area contributed by atoms with E-state index in [1.807, 2.05) is 48.6 Å². The SMILES string of the molecule is CN.O=C(CCCC1=CCC=CC=C1)NC1=CC=c2sc(C(=O)NO)cc2=CC1.O=Cc1ccccc1. The standard InChI is InChI=1S/C21H22N2O3S.C7H6O.CH5N/c24-20(9-5-8-15-6-3-1-2-4-7-15)22-17-11-10-16-14-19(21(25)23-26)27-18(16)13-12-17;8-6-7-4-2-1-3-5-7;1-2/h1-3,6-7,10,12-14,26H,4-5,8-9,11H2,(H,22,24)(H,23,25);1-6H;2H2,1H3. The highest BCUT2D eigenvalue weighted by Crippen LogP contribution is 2.13. The van der Waals surface area contributed by atoms with Crippen molar-refractivity contribution < 1.29 is 19.6 Å². The molecule has 37 heavy (non-hydrogen) atoms. The van der Waals surface area contributed by atoms with E-state index in [1.165, 1.54) is 24.0 Å². The molecular formula is C29H33N3O4S. The molecule has 0 spiro atoms. The lowest BCUT2D eigenvalue weighted by molar-refractivity contribution is -0.120. The second kappa shape index (κ2) is 16.8. The van der Waals surface area contributed by atoms with Crippen LogP contribution in [0.1, 0.15) is 52.1 Å². The largest absolute Gasteiger partial charge is 0.333 e. The minimum atomic E-state index is -0.512. The smallest absolute Gasteiger partial charge is 0.284 e. The monoisotopic (exact) mass is 519 g/mol. The van der Waals surface area contributed by atoms with E-state index < -0.39 is 5.91 Å². The Balaban J connectivity index is 0.000000406. The highest BCUT2D eigenvalue weighted by molar-refractivity contribution is 7.12. The van der Waals surface area contributed by atoms with E-state index in [4.69, 9.17) is 5.21 Å². The Labute approximate surface area is 221 Å². The Morgan fingerprint density at radius 2 is 1.89 bits per heavy atom. The van der Waals surface area contributed by atoms with Crippen molar-refractivity contribution in [1.29, 1.82) is 0 Å². The lowest BCUT2D eigenvalue weighted by Crippen LogP contribution is -2.22. The number of aldehydes is 1. The minimum absolute atomic E-state index is 0.0185. The van der Waals surface area contributed by atoms with Crippen molar-refractivity contribution >= 4 is 41.6 Å². The van der Waals surface area contributed by atoms with Gasteiger partial charge in [-0.05, 0) is 49.7 Å². The van der Waals surface area contributed by atoms with Crippen LogP contribution in [0.5, 0.6) is 0 Å². The number of amides is 2. The van der Waals surface area contributed by atoms with Gasteiger partial charge in [-0.1, -0.05) is 72.4 Å². The predicted molar refractivity (Wildman–Crippen MR) is 149 cm³/mol. The van der Waals surface area contributed by atoms with Crippen LogP contribution in [0.3, 0.4) is 0 Å². The lowest BCUT2D eigenvalue weighted by Gasteiger charge is -2.07. The molecule has 7 nitrogen and oxygen atoms in total. The van der Waals surface area contributed by atoms with Crippen LogP contribution in [0.25, 0.3) is 12.2 Å². The molecule has 0 saturated carbocycles. The van der Waals surface area contributed by atoms with Crippen LogP contribution in [-0.4, -0.2) is 30.4 Å². The number of thiophene rings is 1. The van der Waals surface area contributed by atoms with Gasteiger partial charge in [-0.15, -0.1) is 11.3 Å². The number of carbonyl (C=O) groups excluding carboxylic acids is 3. The molecule has 0 aliphatic heterocycles. The van der Waals surface area contributed by atoms with Crippen LogP contribution < -0.4 is 26.3 Å². The minimum Gasteiger partial charge on any atom is -0.333 e. The molecule has 0 radical (unpaired) electrons. The molecule has 2 aromatic rings. The molecule has 0 unspecified atom stereocenters. The molecule has 0 saturated heterocycles. The van der Waals surface area contributed by atoms with E-state index in [-0.39, 0.29) is 5.91 Å². The molecule has 0 atom stereocenters. The third-order valence-electron chi connectivity index (χ3n) is 5.27. The second-order valence-corrected chi connectivity index (χ2v) is 8.95. The van der Waals surface area contributed by atoms with Gasteiger partial charge in [0.15, 0.2) is 0 Å². The third kappa shape index (κ3) is 10.3. The average Bonchev–Trinajstić information content (AvgIpc) is 3.07. The van der Waals surface area contributed by atoms with E-state index >= 15 is 0 Å². The van der Waals surface area contributed by atoms with Crippen molar-refractivity contribution in [3.05, 3.63) is 104 Å². The van der Waals surface area contributed by atoms with Crippen molar-refractivity contribution in [3.8, 4) is 0 Å². The molecule has 5 N–H and O–H groups in total. The Bertz CT molecular complexity index is 1290. The summed E-state index contributed by atoms with van der Waals surface area (Å²) in [5.74, 6) is -0.494. The fraction of sp³-hybridized carbons (Fsp3) is 0.207. The highest BCUT2D eigenvalue weighted by Gasteiger charge is 2.10. The first-order valence-electron chi connectivity index (χ1n) is 11.9. The van der Waals surface area contributed by atoms with E-state index in [1.54, 1.807) is 23.7 Å². The Morgan fingerprint density at radius 1 is 1.11 bits per heavy atom. The summed E-state index contributed by atoms with van der Waals surface area (Å²) in [6, 6.07) is 10.8. The van der Waals surface area contributed by atoms with Crippen LogP contribution in [0.2, 0.25) is 0 Å². The number of nitrogens with one attached hydrogen (secondary N) is 2. The molecule has 8 heteroatoms. The fourth-order valence-electron chi connectivity index (χ4n) is 3.47. The van der Waals surface area contributed by atoms with Crippen LogP contribution in [0.15, 0.2) is 84.1 Å². The van der Waals surface area contributed by atoms with Crippen molar-refractivity contribution in [2.75, 3.05) is 7.05 Å². The van der Waals surface area contributed by atoms with Gasteiger partial charge in [0.25, 0.3) is 5.91 Å². The van der Waals surface area contributed by atoms with Gasteiger partial charge in [-0.2, -0.15) is 0 Å². The predicted octanol–water partition coefficient (Wildman–Crippen LogP) is 3.52. The summed E-state index contributed by atoms with van der Waals surface area (Å²) in [7, 11) is 1.50. The molecule has 4 rings (SSSR count). The summed E-state index contributed by atoms with van der Waals surface area (Å²) >= 11 is 1.30. The second-order valence-electron chi connectivity index (χ2n) is 7.87. The number of fused-ring (bicyclic) bond motifs is 1. The molecule has 2 amide bonds. The van der Waals surface area contributed by atoms with Crippen molar-refractivity contribution in [2.24, 2.45) is 5.73 Å². The Morgan fingerprint density at radius 3 is 2.59 bits per heavy atom. The summed E-state index contributed by atoms with van der Waals surface area (Å²) in [5, 5.41) is 12.6. The summed E-state index contributed by atoms with van der Waals surface area (Å²) < 4.78 is 0.929. The van der Waals surface area contributed by atoms with E-state index in [0.29, 0.717) is 17.7 Å². The molecule has 1 aromatic carbocycles. The topological polar surface area (TPSA) is 122 Å². The fourth-order valence-corrected chi connectivity index (χ4v) is 4.43. The number of rotatable bonds is 7. The molecule has 1 aromatic heterocycles. The number of carbonyl (C=O) groups is 3. The maximum absolute atomic E-state index is 12.2. The zero-order valence-corrected chi connectivity index (χ0v) is 21.7. The molecular weight excluding hydrogens is 486 g/mol. The van der Waals surface area contributed by atoms with Gasteiger partial charge in [-0.25, -0.2) is 5.48 Å². The van der Waals surface area contributed by atoms with Gasteiger partial charge in [0.2, 0.25) is 5.91 Å². The molecule has 194 valence electrons. The molecule has 1 heterocycles. The van der Waals surface area contributed by atoms with Gasteiger partial charge in [-0.3, -0.25) is 19.6 Å². The van der Waals surface area contributed by atoms with Crippen LogP contribution >= 0.6 is 11.3 Å². The van der Waals surface area contributed by atoms with Gasteiger partial charge in [0.1, 0.15) is 6.29 Å². The van der Waals surface area contributed by atoms with Gasteiger partial charge in [0, 0.05) is 28.6 Å². The van der Waals surface area contributed by atoms with Crippen LogP contribution in [0.4, 0.5) is 0 Å². The van der Waals surface area contributed by atoms with E-state index in [0.717, 1.165) is 46.6 Å². The number of hydrogen-bond acceptors (Lipinski definition) is 6. The zero-order valence-electron chi connectivity index (χ0n) is 20.9. The number of hydroxylamine groups is 1. The van der Waals surface area contributed by atoms with Crippen molar-refractivity contribution in [2.45, 2.75) is 32.1 Å². The maximum atomic E-state index is 12.2. The number of hydrogen-bond donors (Lipinski definition) is 4. The summed E-state index contributed by atoms with van der Waals surface area (Å²) in [6.45, 7) is 0. The maximum Gasteiger partial charge on any atom is 0.284 e.